The molecular weight excluding hydrogens is 266 g/mol. The first kappa shape index (κ1) is 15.0. The first-order valence-electron chi connectivity index (χ1n) is 6.75. The van der Waals surface area contributed by atoms with Gasteiger partial charge in [-0.3, -0.25) is 15.0 Å². The summed E-state index contributed by atoms with van der Waals surface area (Å²) >= 11 is 0. The summed E-state index contributed by atoms with van der Waals surface area (Å²) in [7, 11) is 1.83. The Kier molecular flexibility index (Phi) is 4.55. The fraction of sp³-hybridized carbons (Fsp3) is 0.250. The monoisotopic (exact) mass is 285 g/mol. The molecule has 0 aliphatic carbocycles. The van der Waals surface area contributed by atoms with E-state index >= 15 is 0 Å². The molecule has 5 heteroatoms. The lowest BCUT2D eigenvalue weighted by atomic mass is 10.1. The van der Waals surface area contributed by atoms with E-state index in [1.54, 1.807) is 6.92 Å². The van der Waals surface area contributed by atoms with E-state index in [4.69, 9.17) is 5.73 Å². The van der Waals surface area contributed by atoms with Gasteiger partial charge in [-0.2, -0.15) is 0 Å². The molecule has 1 atom stereocenters. The number of carbonyl (C=O) groups excluding carboxylic acids is 2. The van der Waals surface area contributed by atoms with Crippen LogP contribution in [-0.2, 0) is 11.3 Å². The van der Waals surface area contributed by atoms with Crippen LogP contribution in [0.4, 0.5) is 4.79 Å². The Morgan fingerprint density at radius 1 is 1.19 bits per heavy atom. The van der Waals surface area contributed by atoms with Crippen LogP contribution in [-0.4, -0.2) is 29.9 Å². The Hall–Kier alpha value is -2.40. The fourth-order valence-corrected chi connectivity index (χ4v) is 2.19. The van der Waals surface area contributed by atoms with Gasteiger partial charge < -0.3 is 5.73 Å². The molecule has 0 aromatic heterocycles. The molecule has 0 fully saturated rings. The number of imide groups is 1. The van der Waals surface area contributed by atoms with Crippen LogP contribution < -0.4 is 11.1 Å². The second kappa shape index (κ2) is 6.37. The maximum Gasteiger partial charge on any atom is 0.318 e. The predicted molar refractivity (Wildman–Crippen MR) is 82.6 cm³/mol. The number of nitrogens with one attached hydrogen (secondary N) is 1. The fourth-order valence-electron chi connectivity index (χ4n) is 2.19. The minimum atomic E-state index is -0.828. The van der Waals surface area contributed by atoms with E-state index in [2.05, 4.69) is 29.6 Å². The molecule has 2 rings (SSSR count). The van der Waals surface area contributed by atoms with Crippen LogP contribution in [0.3, 0.4) is 0 Å². The van der Waals surface area contributed by atoms with Gasteiger partial charge in [0.25, 0.3) is 0 Å². The molecule has 3 amide bonds. The van der Waals surface area contributed by atoms with Gasteiger partial charge in [0, 0.05) is 6.54 Å². The first-order valence-corrected chi connectivity index (χ1v) is 6.75. The minimum absolute atomic E-state index is 0.397. The van der Waals surface area contributed by atoms with E-state index in [1.165, 1.54) is 5.39 Å². The molecule has 5 nitrogen and oxygen atoms in total. The highest BCUT2D eigenvalue weighted by Gasteiger charge is 2.19. The number of rotatable bonds is 4. The molecule has 21 heavy (non-hydrogen) atoms. The lowest BCUT2D eigenvalue weighted by Crippen LogP contribution is -2.46. The summed E-state index contributed by atoms with van der Waals surface area (Å²) in [5.41, 5.74) is 6.06. The van der Waals surface area contributed by atoms with Crippen LogP contribution in [0.5, 0.6) is 0 Å². The summed E-state index contributed by atoms with van der Waals surface area (Å²) < 4.78 is 0. The Balaban J connectivity index is 2.08. The quantitative estimate of drug-likeness (QED) is 0.900. The van der Waals surface area contributed by atoms with Gasteiger partial charge in [0.15, 0.2) is 0 Å². The van der Waals surface area contributed by atoms with Crippen molar-refractivity contribution in [2.75, 3.05) is 7.05 Å². The number of carbonyl (C=O) groups is 2. The third-order valence-corrected chi connectivity index (χ3v) is 3.53. The van der Waals surface area contributed by atoms with Gasteiger partial charge in [0.05, 0.1) is 6.04 Å². The van der Waals surface area contributed by atoms with Crippen LogP contribution in [0.25, 0.3) is 10.8 Å². The molecule has 0 spiro atoms. The average Bonchev–Trinajstić information content (AvgIpc) is 2.45. The summed E-state index contributed by atoms with van der Waals surface area (Å²) in [4.78, 5) is 24.3. The molecule has 0 aliphatic heterocycles. The van der Waals surface area contributed by atoms with Gasteiger partial charge in [0.1, 0.15) is 0 Å². The summed E-state index contributed by atoms with van der Waals surface area (Å²) in [5, 5.41) is 4.45. The average molecular weight is 285 g/mol. The zero-order chi connectivity index (χ0) is 15.4. The van der Waals surface area contributed by atoms with Gasteiger partial charge >= 0.3 is 6.03 Å². The van der Waals surface area contributed by atoms with Gasteiger partial charge in [-0.1, -0.05) is 36.4 Å². The van der Waals surface area contributed by atoms with E-state index in [0.29, 0.717) is 6.54 Å². The van der Waals surface area contributed by atoms with Crippen molar-refractivity contribution in [3.8, 4) is 0 Å². The van der Waals surface area contributed by atoms with Crippen molar-refractivity contribution in [2.45, 2.75) is 19.5 Å². The van der Waals surface area contributed by atoms with Crippen molar-refractivity contribution >= 4 is 22.7 Å². The number of hydrogen-bond acceptors (Lipinski definition) is 3. The lowest BCUT2D eigenvalue weighted by Gasteiger charge is -2.23. The molecule has 0 saturated heterocycles. The summed E-state index contributed by atoms with van der Waals surface area (Å²) in [6.45, 7) is 2.34. The summed E-state index contributed by atoms with van der Waals surface area (Å²) in [5.74, 6) is -0.397. The SMILES string of the molecule is C[C@@H](C(=O)NC(N)=O)N(C)Cc1ccc2ccccc2c1. The van der Waals surface area contributed by atoms with E-state index in [1.807, 2.05) is 30.1 Å². The van der Waals surface area contributed by atoms with E-state index in [-0.39, 0.29) is 0 Å². The number of nitrogens with two attached hydrogens (primary N) is 1. The minimum Gasteiger partial charge on any atom is -0.351 e. The van der Waals surface area contributed by atoms with Gasteiger partial charge in [0.2, 0.25) is 5.91 Å². The number of benzene rings is 2. The molecule has 0 unspecified atom stereocenters. The molecule has 0 aliphatic rings. The molecule has 0 heterocycles. The molecule has 2 aromatic rings. The summed E-state index contributed by atoms with van der Waals surface area (Å²) in [6, 6.07) is 13.1. The van der Waals surface area contributed by atoms with Crippen molar-refractivity contribution in [1.29, 1.82) is 0 Å². The third-order valence-electron chi connectivity index (χ3n) is 3.53. The highest BCUT2D eigenvalue weighted by atomic mass is 16.2. The molecule has 3 N–H and O–H groups in total. The van der Waals surface area contributed by atoms with Crippen LogP contribution in [0.1, 0.15) is 12.5 Å². The highest BCUT2D eigenvalue weighted by molar-refractivity contribution is 5.96. The molecule has 2 aromatic carbocycles. The van der Waals surface area contributed by atoms with Crippen molar-refractivity contribution in [3.63, 3.8) is 0 Å². The number of primary amides is 1. The van der Waals surface area contributed by atoms with E-state index in [9.17, 15) is 9.59 Å². The van der Waals surface area contributed by atoms with Gasteiger partial charge in [-0.15, -0.1) is 0 Å². The van der Waals surface area contributed by atoms with Crippen LogP contribution in [0.2, 0.25) is 0 Å². The second-order valence-corrected chi connectivity index (χ2v) is 5.13. The number of fused-ring (bicyclic) bond motifs is 1. The highest BCUT2D eigenvalue weighted by Crippen LogP contribution is 2.17. The van der Waals surface area contributed by atoms with Crippen LogP contribution >= 0.6 is 0 Å². The third kappa shape index (κ3) is 3.79. The van der Waals surface area contributed by atoms with Crippen molar-refractivity contribution in [3.05, 3.63) is 48.0 Å². The van der Waals surface area contributed by atoms with Gasteiger partial charge in [-0.25, -0.2) is 4.79 Å². The predicted octanol–water partition coefficient (Wildman–Crippen LogP) is 1.85. The molecule has 0 radical (unpaired) electrons. The Morgan fingerprint density at radius 2 is 1.86 bits per heavy atom. The Labute approximate surface area is 123 Å². The van der Waals surface area contributed by atoms with E-state index in [0.717, 1.165) is 10.9 Å². The number of nitrogens with zero attached hydrogens (tertiary/aromatic N) is 1. The van der Waals surface area contributed by atoms with Crippen molar-refractivity contribution < 1.29 is 9.59 Å². The Morgan fingerprint density at radius 3 is 2.52 bits per heavy atom. The molecule has 0 bridgehead atoms. The normalized spacial score (nSPS) is 12.3. The number of hydrogen-bond donors (Lipinski definition) is 2. The van der Waals surface area contributed by atoms with Crippen molar-refractivity contribution in [2.24, 2.45) is 5.73 Å². The number of amides is 3. The maximum absolute atomic E-state index is 11.7. The zero-order valence-electron chi connectivity index (χ0n) is 12.2. The Bertz CT molecular complexity index is 669. The second-order valence-electron chi connectivity index (χ2n) is 5.13. The van der Waals surface area contributed by atoms with Gasteiger partial charge in [-0.05, 0) is 36.4 Å². The molecule has 0 saturated carbocycles. The standard InChI is InChI=1S/C16H19N3O2/c1-11(15(20)18-16(17)21)19(2)10-12-7-8-13-5-3-4-6-14(13)9-12/h3-9,11H,10H2,1-2H3,(H3,17,18,20,21)/t11-/m0/s1. The van der Waals surface area contributed by atoms with Crippen LogP contribution in [0, 0.1) is 0 Å². The van der Waals surface area contributed by atoms with Crippen LogP contribution in [0.15, 0.2) is 42.5 Å². The smallest absolute Gasteiger partial charge is 0.318 e. The zero-order valence-corrected chi connectivity index (χ0v) is 12.2. The van der Waals surface area contributed by atoms with Crippen molar-refractivity contribution in [1.82, 2.24) is 10.2 Å². The summed E-state index contributed by atoms with van der Waals surface area (Å²) in [6.07, 6.45) is 0. The molecule has 110 valence electrons. The number of urea groups is 1. The number of likely N-dealkylation sites (N-methyl/N-ethyl adjacent to an activating group) is 1. The maximum atomic E-state index is 11.7. The van der Waals surface area contributed by atoms with E-state index < -0.39 is 18.0 Å². The lowest BCUT2D eigenvalue weighted by molar-refractivity contribution is -0.124. The first-order chi connectivity index (χ1) is 9.97. The largest absolute Gasteiger partial charge is 0.351 e. The molecular formula is C16H19N3O2. The topological polar surface area (TPSA) is 75.4 Å².